The van der Waals surface area contributed by atoms with E-state index < -0.39 is 47.6 Å². The molecule has 0 spiro atoms. The van der Waals surface area contributed by atoms with Gasteiger partial charge in [0.05, 0.1) is 0 Å². The third-order valence-electron chi connectivity index (χ3n) is 3.03. The lowest BCUT2D eigenvalue weighted by Gasteiger charge is -2.50. The molecule has 1 fully saturated rings. The second-order valence-corrected chi connectivity index (χ2v) is 4.56. The zero-order valence-corrected chi connectivity index (χ0v) is 11.5. The van der Waals surface area contributed by atoms with Gasteiger partial charge in [0, 0.05) is 6.08 Å². The fourth-order valence-electron chi connectivity index (χ4n) is 1.59. The third-order valence-corrected chi connectivity index (χ3v) is 3.03. The van der Waals surface area contributed by atoms with Gasteiger partial charge in [0.15, 0.2) is 0 Å². The van der Waals surface area contributed by atoms with E-state index in [4.69, 9.17) is 5.11 Å². The SMILES string of the molecule is C=CC(=O)O.FOC(F)(F)C1(F)C(F)C(F)(F)C(F)(F)C(F)(F)C1(F)F. The molecule has 0 aromatic rings. The first-order valence-corrected chi connectivity index (χ1v) is 5.61. The van der Waals surface area contributed by atoms with Crippen LogP contribution in [0.15, 0.2) is 12.7 Å². The van der Waals surface area contributed by atoms with Crippen molar-refractivity contribution in [2.75, 3.05) is 0 Å². The van der Waals surface area contributed by atoms with Crippen LogP contribution in [0.3, 0.4) is 0 Å². The summed E-state index contributed by atoms with van der Waals surface area (Å²) in [6.07, 6.45) is -12.0. The van der Waals surface area contributed by atoms with Crippen LogP contribution in [0, 0.1) is 0 Å². The monoisotopic (exact) mass is 420 g/mol. The summed E-state index contributed by atoms with van der Waals surface area (Å²) in [5.41, 5.74) is -7.11. The van der Waals surface area contributed by atoms with Crippen molar-refractivity contribution in [1.29, 1.82) is 0 Å². The predicted octanol–water partition coefficient (Wildman–Crippen LogP) is 4.34. The molecule has 2 atom stereocenters. The van der Waals surface area contributed by atoms with E-state index in [1.165, 1.54) is 4.94 Å². The van der Waals surface area contributed by atoms with Crippen LogP contribution in [0.4, 0.5) is 57.2 Å². The molecule has 3 nitrogen and oxygen atoms in total. The molecule has 0 aromatic carbocycles. The lowest BCUT2D eigenvalue weighted by Crippen LogP contribution is -2.83. The summed E-state index contributed by atoms with van der Waals surface area (Å²) in [5.74, 6) is -30.2. The average Bonchev–Trinajstić information content (AvgIpc) is 2.51. The number of carboxylic acids is 1. The molecule has 1 saturated carbocycles. The summed E-state index contributed by atoms with van der Waals surface area (Å²) in [6, 6.07) is 0. The van der Waals surface area contributed by atoms with Gasteiger partial charge in [-0.05, 0) is 4.53 Å². The van der Waals surface area contributed by atoms with Crippen LogP contribution < -0.4 is 0 Å². The van der Waals surface area contributed by atoms with Gasteiger partial charge < -0.3 is 5.11 Å². The van der Waals surface area contributed by atoms with E-state index in [0.29, 0.717) is 0 Å². The first-order chi connectivity index (χ1) is 11.2. The lowest BCUT2D eigenvalue weighted by atomic mass is 9.73. The van der Waals surface area contributed by atoms with Crippen LogP contribution in [0.25, 0.3) is 0 Å². The van der Waals surface area contributed by atoms with Crippen molar-refractivity contribution in [2.24, 2.45) is 0 Å². The highest BCUT2D eigenvalue weighted by Gasteiger charge is 2.99. The minimum atomic E-state index is -7.48. The van der Waals surface area contributed by atoms with E-state index in [9.17, 15) is 62.0 Å². The number of halogens is 13. The molecule has 0 bridgehead atoms. The Hall–Kier alpha value is -1.74. The van der Waals surface area contributed by atoms with Crippen molar-refractivity contribution in [3.8, 4) is 0 Å². The Morgan fingerprint density at radius 1 is 0.962 bits per heavy atom. The Labute approximate surface area is 133 Å². The van der Waals surface area contributed by atoms with Crippen LogP contribution in [0.2, 0.25) is 0 Å². The van der Waals surface area contributed by atoms with Crippen molar-refractivity contribution in [1.82, 2.24) is 0 Å². The highest BCUT2D eigenvalue weighted by Crippen LogP contribution is 2.68. The van der Waals surface area contributed by atoms with Gasteiger partial charge in [-0.15, -0.1) is 4.94 Å². The molecule has 0 radical (unpaired) electrons. The number of carboxylic acid groups (broad SMARTS) is 1. The Kier molecular flexibility index (Phi) is 6.02. The summed E-state index contributed by atoms with van der Waals surface area (Å²) in [5, 5.41) is 7.60. The fourth-order valence-corrected chi connectivity index (χ4v) is 1.59. The van der Waals surface area contributed by atoms with Crippen LogP contribution in [-0.4, -0.2) is 52.7 Å². The van der Waals surface area contributed by atoms with E-state index >= 15 is 0 Å². The Bertz CT molecular complexity index is 560. The van der Waals surface area contributed by atoms with Gasteiger partial charge in [0.1, 0.15) is 0 Å². The molecule has 26 heavy (non-hydrogen) atoms. The van der Waals surface area contributed by atoms with E-state index in [2.05, 4.69) is 6.58 Å². The minimum Gasteiger partial charge on any atom is -0.478 e. The molecule has 154 valence electrons. The summed E-state index contributed by atoms with van der Waals surface area (Å²) in [7, 11) is 0. The van der Waals surface area contributed by atoms with E-state index in [1.807, 2.05) is 0 Å². The maximum Gasteiger partial charge on any atom is 0.428 e. The first-order valence-electron chi connectivity index (χ1n) is 5.61. The topological polar surface area (TPSA) is 46.5 Å². The number of carbonyl (C=O) groups is 1. The number of hydrogen-bond acceptors (Lipinski definition) is 2. The molecular weight excluding hydrogens is 415 g/mol. The van der Waals surface area contributed by atoms with E-state index in [1.54, 1.807) is 0 Å². The highest BCUT2D eigenvalue weighted by atomic mass is 19.4. The predicted molar refractivity (Wildman–Crippen MR) is 53.5 cm³/mol. The maximum atomic E-state index is 13.3. The quantitative estimate of drug-likeness (QED) is 0.546. The molecule has 1 rings (SSSR count). The van der Waals surface area contributed by atoms with Gasteiger partial charge in [-0.25, -0.2) is 13.6 Å². The molecule has 0 aliphatic heterocycles. The molecular formula is C10H5F13O3. The summed E-state index contributed by atoms with van der Waals surface area (Å²) in [4.78, 5) is 10.5. The van der Waals surface area contributed by atoms with Crippen LogP contribution in [0.1, 0.15) is 0 Å². The third kappa shape index (κ3) is 2.77. The molecule has 1 aliphatic carbocycles. The minimum absolute atomic E-state index is 0.833. The average molecular weight is 420 g/mol. The van der Waals surface area contributed by atoms with Gasteiger partial charge in [-0.3, -0.25) is 0 Å². The Morgan fingerprint density at radius 3 is 1.58 bits per heavy atom. The number of aliphatic carboxylic acids is 1. The van der Waals surface area contributed by atoms with Crippen molar-refractivity contribution in [2.45, 2.75) is 41.6 Å². The smallest absolute Gasteiger partial charge is 0.428 e. The standard InChI is InChI=1S/C7HF13O.C3H4O2/c8-1-2(9,7(18,19)21-20)4(12,13)6(16,17)5(14,15)3(1,10)11;1-2-3(4)5/h1H;2H,1H2,(H,4,5). The lowest BCUT2D eigenvalue weighted by molar-refractivity contribution is -0.506. The number of rotatable bonds is 3. The molecule has 0 amide bonds. The molecule has 0 saturated heterocycles. The summed E-state index contributed by atoms with van der Waals surface area (Å²) >= 11 is 0. The van der Waals surface area contributed by atoms with E-state index in [0.717, 1.165) is 6.08 Å². The van der Waals surface area contributed by atoms with Gasteiger partial charge in [0.25, 0.3) is 0 Å². The fraction of sp³-hybridized carbons (Fsp3) is 0.700. The van der Waals surface area contributed by atoms with Crippen LogP contribution in [-0.2, 0) is 9.74 Å². The van der Waals surface area contributed by atoms with Crippen LogP contribution >= 0.6 is 0 Å². The number of alkyl halides is 12. The zero-order chi connectivity index (χ0) is 21.6. The summed E-state index contributed by atoms with van der Waals surface area (Å²) < 4.78 is 164. The summed E-state index contributed by atoms with van der Waals surface area (Å²) in [6.45, 7) is 2.96. The Morgan fingerprint density at radius 2 is 1.31 bits per heavy atom. The molecule has 0 heterocycles. The highest BCUT2D eigenvalue weighted by molar-refractivity contribution is 5.78. The van der Waals surface area contributed by atoms with Crippen molar-refractivity contribution in [3.63, 3.8) is 0 Å². The first kappa shape index (κ1) is 24.3. The van der Waals surface area contributed by atoms with E-state index in [-0.39, 0.29) is 0 Å². The Balaban J connectivity index is 0.00000110. The van der Waals surface area contributed by atoms with Gasteiger partial charge in [0.2, 0.25) is 6.17 Å². The zero-order valence-electron chi connectivity index (χ0n) is 11.5. The maximum absolute atomic E-state index is 13.3. The van der Waals surface area contributed by atoms with Gasteiger partial charge in [-0.1, -0.05) is 6.58 Å². The molecule has 2 unspecified atom stereocenters. The molecule has 0 aromatic heterocycles. The molecule has 16 heteroatoms. The van der Waals surface area contributed by atoms with Crippen molar-refractivity contribution < 1.29 is 72.1 Å². The van der Waals surface area contributed by atoms with Crippen molar-refractivity contribution in [3.05, 3.63) is 12.7 Å². The molecule has 1 N–H and O–H groups in total. The van der Waals surface area contributed by atoms with Crippen molar-refractivity contribution >= 4 is 5.97 Å². The number of hydrogen-bond donors (Lipinski definition) is 1. The largest absolute Gasteiger partial charge is 0.478 e. The van der Waals surface area contributed by atoms with Gasteiger partial charge >= 0.3 is 41.4 Å². The second kappa shape index (κ2) is 6.45. The second-order valence-electron chi connectivity index (χ2n) is 4.56. The normalized spacial score (nSPS) is 31.3. The van der Waals surface area contributed by atoms with Gasteiger partial charge in [-0.2, -0.15) is 43.9 Å². The van der Waals surface area contributed by atoms with Crippen LogP contribution in [0.5, 0.6) is 0 Å². The molecule has 1 aliphatic rings.